The normalized spacial score (nSPS) is 13.3. The molecule has 0 radical (unpaired) electrons. The minimum Gasteiger partial charge on any atom is -0.333 e. The lowest BCUT2D eigenvalue weighted by Gasteiger charge is -2.27. The molecule has 2 aromatic rings. The first-order valence-corrected chi connectivity index (χ1v) is 8.43. The van der Waals surface area contributed by atoms with Crippen LogP contribution in [-0.4, -0.2) is 24.0 Å². The lowest BCUT2D eigenvalue weighted by molar-refractivity contribution is 0.102. The molecule has 1 aliphatic rings. The second-order valence-electron chi connectivity index (χ2n) is 7.22. The molecule has 2 aromatic carbocycles. The molecule has 1 heterocycles. The van der Waals surface area contributed by atoms with Gasteiger partial charge in [0.2, 0.25) is 0 Å². The number of hydrogen-bond donors (Lipinski definition) is 2. The molecule has 0 bridgehead atoms. The van der Waals surface area contributed by atoms with Gasteiger partial charge in [-0.25, -0.2) is 4.79 Å². The van der Waals surface area contributed by atoms with Crippen LogP contribution in [0.4, 0.5) is 16.2 Å². The van der Waals surface area contributed by atoms with Crippen molar-refractivity contribution in [2.75, 3.05) is 16.8 Å². The van der Waals surface area contributed by atoms with Gasteiger partial charge in [-0.15, -0.1) is 0 Å². The molecule has 0 fully saturated rings. The van der Waals surface area contributed by atoms with Crippen molar-refractivity contribution in [1.29, 1.82) is 0 Å². The quantitative estimate of drug-likeness (QED) is 0.875. The summed E-state index contributed by atoms with van der Waals surface area (Å²) in [6.45, 7) is 6.45. The molecule has 0 atom stereocenters. The van der Waals surface area contributed by atoms with Crippen molar-refractivity contribution in [3.63, 3.8) is 0 Å². The summed E-state index contributed by atoms with van der Waals surface area (Å²) in [5.41, 5.74) is 2.78. The number of hydrogen-bond acceptors (Lipinski definition) is 2. The van der Waals surface area contributed by atoms with Gasteiger partial charge >= 0.3 is 6.03 Å². The highest BCUT2D eigenvalue weighted by atomic mass is 16.2. The molecule has 3 rings (SSSR count). The van der Waals surface area contributed by atoms with E-state index >= 15 is 0 Å². The van der Waals surface area contributed by atoms with Crippen molar-refractivity contribution in [2.24, 2.45) is 0 Å². The van der Waals surface area contributed by atoms with E-state index in [1.165, 1.54) is 0 Å². The van der Waals surface area contributed by atoms with Gasteiger partial charge in [0, 0.05) is 17.6 Å². The van der Waals surface area contributed by atoms with E-state index in [1.807, 2.05) is 57.2 Å². The predicted molar refractivity (Wildman–Crippen MR) is 100 cm³/mol. The Morgan fingerprint density at radius 1 is 1.00 bits per heavy atom. The van der Waals surface area contributed by atoms with Gasteiger partial charge in [0.25, 0.3) is 5.91 Å². The van der Waals surface area contributed by atoms with Crippen molar-refractivity contribution < 1.29 is 9.59 Å². The van der Waals surface area contributed by atoms with Gasteiger partial charge in [-0.05, 0) is 51.0 Å². The first-order chi connectivity index (χ1) is 11.8. The molecular weight excluding hydrogens is 314 g/mol. The summed E-state index contributed by atoms with van der Waals surface area (Å²) in [5, 5.41) is 5.93. The van der Waals surface area contributed by atoms with Gasteiger partial charge in [-0.1, -0.05) is 30.3 Å². The van der Waals surface area contributed by atoms with Gasteiger partial charge in [0.15, 0.2) is 0 Å². The number of para-hydroxylation sites is 1. The number of nitrogens with one attached hydrogen (secondary N) is 2. The average Bonchev–Trinajstić information content (AvgIpc) is 2.99. The third-order valence-electron chi connectivity index (χ3n) is 4.01. The molecule has 2 N–H and O–H groups in total. The Balaban J connectivity index is 1.87. The molecular formula is C20H23N3O2. The summed E-state index contributed by atoms with van der Waals surface area (Å²) in [6, 6.07) is 14.7. The zero-order valence-corrected chi connectivity index (χ0v) is 14.8. The maximum atomic E-state index is 12.6. The van der Waals surface area contributed by atoms with E-state index in [9.17, 15) is 9.59 Å². The maximum Gasteiger partial charge on any atom is 0.322 e. The van der Waals surface area contributed by atoms with Gasteiger partial charge in [-0.2, -0.15) is 0 Å². The molecule has 0 spiro atoms. The highest BCUT2D eigenvalue weighted by Gasteiger charge is 2.29. The Labute approximate surface area is 148 Å². The van der Waals surface area contributed by atoms with Crippen molar-refractivity contribution in [3.05, 3.63) is 59.7 Å². The summed E-state index contributed by atoms with van der Waals surface area (Å²) in [7, 11) is 0. The summed E-state index contributed by atoms with van der Waals surface area (Å²) in [5.74, 6) is -0.183. The maximum absolute atomic E-state index is 12.6. The summed E-state index contributed by atoms with van der Waals surface area (Å²) >= 11 is 0. The van der Waals surface area contributed by atoms with Crippen LogP contribution in [0.3, 0.4) is 0 Å². The molecule has 0 aliphatic carbocycles. The zero-order valence-electron chi connectivity index (χ0n) is 14.8. The standard InChI is InChI=1S/C20H23N3O2/c1-20(2,3)22-19(25)23-13-12-14-10-7-11-16(17(14)23)21-18(24)15-8-5-4-6-9-15/h4-11H,12-13H2,1-3H3,(H,21,24)(H,22,25). The predicted octanol–water partition coefficient (Wildman–Crippen LogP) is 3.81. The molecule has 5 heteroatoms. The Hall–Kier alpha value is -2.82. The lowest BCUT2D eigenvalue weighted by Crippen LogP contribution is -2.48. The number of fused-ring (bicyclic) bond motifs is 1. The van der Waals surface area contributed by atoms with E-state index < -0.39 is 0 Å². The van der Waals surface area contributed by atoms with Crippen molar-refractivity contribution in [2.45, 2.75) is 32.7 Å². The van der Waals surface area contributed by atoms with E-state index in [4.69, 9.17) is 0 Å². The molecule has 5 nitrogen and oxygen atoms in total. The van der Waals surface area contributed by atoms with Crippen LogP contribution >= 0.6 is 0 Å². The first-order valence-electron chi connectivity index (χ1n) is 8.43. The third-order valence-corrected chi connectivity index (χ3v) is 4.01. The Morgan fingerprint density at radius 3 is 2.40 bits per heavy atom. The topological polar surface area (TPSA) is 61.4 Å². The Kier molecular flexibility index (Phi) is 4.49. The van der Waals surface area contributed by atoms with Gasteiger partial charge in [0.1, 0.15) is 0 Å². The SMILES string of the molecule is CC(C)(C)NC(=O)N1CCc2cccc(NC(=O)c3ccccc3)c21. The van der Waals surface area contributed by atoms with Crippen molar-refractivity contribution >= 4 is 23.3 Å². The number of amides is 3. The Bertz CT molecular complexity index is 794. The summed E-state index contributed by atoms with van der Waals surface area (Å²) in [6.07, 6.45) is 0.780. The molecule has 25 heavy (non-hydrogen) atoms. The van der Waals surface area contributed by atoms with Crippen LogP contribution in [0.5, 0.6) is 0 Å². The third kappa shape index (κ3) is 3.82. The minimum absolute atomic E-state index is 0.146. The number of urea groups is 1. The molecule has 0 saturated heterocycles. The molecule has 1 aliphatic heterocycles. The molecule has 0 aromatic heterocycles. The Morgan fingerprint density at radius 2 is 1.72 bits per heavy atom. The second-order valence-corrected chi connectivity index (χ2v) is 7.22. The summed E-state index contributed by atoms with van der Waals surface area (Å²) in [4.78, 5) is 26.8. The fraction of sp³-hybridized carbons (Fsp3) is 0.300. The van der Waals surface area contributed by atoms with Crippen LogP contribution in [0, 0.1) is 0 Å². The highest BCUT2D eigenvalue weighted by Crippen LogP contribution is 2.36. The van der Waals surface area contributed by atoms with Crippen molar-refractivity contribution in [1.82, 2.24) is 5.32 Å². The van der Waals surface area contributed by atoms with Crippen molar-refractivity contribution in [3.8, 4) is 0 Å². The monoisotopic (exact) mass is 337 g/mol. The number of carbonyl (C=O) groups is 2. The van der Waals surface area contributed by atoms with Crippen LogP contribution in [0.2, 0.25) is 0 Å². The van der Waals surface area contributed by atoms with E-state index in [1.54, 1.807) is 17.0 Å². The number of nitrogens with zero attached hydrogens (tertiary/aromatic N) is 1. The van der Waals surface area contributed by atoms with Crippen LogP contribution in [0.1, 0.15) is 36.7 Å². The van der Waals surface area contributed by atoms with E-state index in [-0.39, 0.29) is 17.5 Å². The molecule has 0 saturated carbocycles. The van der Waals surface area contributed by atoms with Gasteiger partial charge < -0.3 is 10.6 Å². The first kappa shape index (κ1) is 17.0. The molecule has 0 unspecified atom stereocenters. The number of anilines is 2. The average molecular weight is 337 g/mol. The fourth-order valence-electron chi connectivity index (χ4n) is 2.93. The second kappa shape index (κ2) is 6.59. The number of carbonyl (C=O) groups excluding carboxylic acids is 2. The van der Waals surface area contributed by atoms with Crippen LogP contribution in [0.15, 0.2) is 48.5 Å². The zero-order chi connectivity index (χ0) is 18.0. The molecule has 3 amide bonds. The van der Waals surface area contributed by atoms with Gasteiger partial charge in [-0.3, -0.25) is 9.69 Å². The van der Waals surface area contributed by atoms with Crippen LogP contribution in [-0.2, 0) is 6.42 Å². The number of benzene rings is 2. The molecule has 130 valence electrons. The van der Waals surface area contributed by atoms with Crippen LogP contribution in [0.25, 0.3) is 0 Å². The van der Waals surface area contributed by atoms with Gasteiger partial charge in [0.05, 0.1) is 11.4 Å². The number of rotatable bonds is 2. The largest absolute Gasteiger partial charge is 0.333 e. The van der Waals surface area contributed by atoms with E-state index in [0.29, 0.717) is 17.8 Å². The van der Waals surface area contributed by atoms with E-state index in [0.717, 1.165) is 17.7 Å². The summed E-state index contributed by atoms with van der Waals surface area (Å²) < 4.78 is 0. The smallest absolute Gasteiger partial charge is 0.322 e. The minimum atomic E-state index is -0.317. The van der Waals surface area contributed by atoms with E-state index in [2.05, 4.69) is 10.6 Å². The van der Waals surface area contributed by atoms with Crippen LogP contribution < -0.4 is 15.5 Å². The lowest BCUT2D eigenvalue weighted by atomic mass is 10.1. The fourth-order valence-corrected chi connectivity index (χ4v) is 2.93. The highest BCUT2D eigenvalue weighted by molar-refractivity contribution is 6.08.